The largest absolute Gasteiger partial charge is 0.867 e. The Morgan fingerprint density at radius 3 is 1.81 bits per heavy atom. The zero-order valence-corrected chi connectivity index (χ0v) is 7.20. The fraction of sp³-hybridized carbons (Fsp3) is 0.333. The molecule has 1 aromatic heterocycles. The van der Waals surface area contributed by atoms with Crippen LogP contribution in [-0.2, 0) is 5.91 Å². The molecule has 1 heterocycles. The van der Waals surface area contributed by atoms with Crippen LogP contribution in [0.5, 0.6) is 0 Å². The van der Waals surface area contributed by atoms with Crippen LogP contribution in [0.25, 0.3) is 0 Å². The van der Waals surface area contributed by atoms with E-state index in [0.29, 0.717) is 12.4 Å². The van der Waals surface area contributed by atoms with Crippen LogP contribution in [0.15, 0.2) is 12.4 Å². The summed E-state index contributed by atoms with van der Waals surface area (Å²) in [6, 6.07) is 0. The van der Waals surface area contributed by atoms with Gasteiger partial charge in [-0.25, -0.2) is 0 Å². The summed E-state index contributed by atoms with van der Waals surface area (Å²) in [5.74, 6) is -4.06. The van der Waals surface area contributed by atoms with Crippen LogP contribution in [0, 0.1) is 35.6 Å². The molecule has 0 amide bonds. The van der Waals surface area contributed by atoms with E-state index in [2.05, 4.69) is 5.10 Å². The van der Waals surface area contributed by atoms with Gasteiger partial charge >= 0.3 is 5.91 Å². The molecule has 0 aliphatic carbocycles. The van der Waals surface area contributed by atoms with Gasteiger partial charge in [0.1, 0.15) is 0 Å². The van der Waals surface area contributed by atoms with Gasteiger partial charge in [0.2, 0.25) is 21.0 Å². The van der Waals surface area contributed by atoms with Crippen molar-refractivity contribution in [3.8, 4) is 0 Å². The van der Waals surface area contributed by atoms with E-state index in [1.165, 1.54) is 0 Å². The lowest BCUT2D eigenvalue weighted by atomic mass is 10.7. The summed E-state index contributed by atoms with van der Waals surface area (Å²) in [6.07, 6.45) is 1.20. The van der Waals surface area contributed by atoms with Gasteiger partial charge in [0.05, 0.1) is 5.10 Å². The molecule has 0 N–H and O–H groups in total. The van der Waals surface area contributed by atoms with Crippen molar-refractivity contribution in [2.45, 2.75) is 5.91 Å². The number of hydrogen-bond acceptors (Lipinski definition) is 8. The standard InChI is InChI=1S/C3H2N6O7/c10-5-2-1-4-6(5)3(7(11)12,8(13)14)9(15)16/h1-2H. The molecule has 0 saturated heterocycles. The molecule has 0 spiro atoms. The summed E-state index contributed by atoms with van der Waals surface area (Å²) in [7, 11) is 0. The number of nitrogens with zero attached hydrogens (tertiary/aromatic N) is 6. The van der Waals surface area contributed by atoms with E-state index in [1.807, 2.05) is 0 Å². The van der Waals surface area contributed by atoms with E-state index in [1.54, 1.807) is 0 Å². The van der Waals surface area contributed by atoms with Gasteiger partial charge in [0, 0.05) is 0 Å². The lowest BCUT2D eigenvalue weighted by Gasteiger charge is -2.06. The fourth-order valence-corrected chi connectivity index (χ4v) is 0.893. The smallest absolute Gasteiger partial charge is 0.692 e. The number of aromatic nitrogens is 3. The molecule has 0 saturated carbocycles. The van der Waals surface area contributed by atoms with E-state index in [0.717, 1.165) is 0 Å². The molecule has 13 nitrogen and oxygen atoms in total. The van der Waals surface area contributed by atoms with Crippen LogP contribution in [0.3, 0.4) is 0 Å². The third-order valence-corrected chi connectivity index (χ3v) is 1.56. The first-order chi connectivity index (χ1) is 7.35. The van der Waals surface area contributed by atoms with Crippen molar-refractivity contribution < 1.29 is 19.6 Å². The normalized spacial score (nSPS) is 11.0. The van der Waals surface area contributed by atoms with Crippen molar-refractivity contribution in [1.82, 2.24) is 9.90 Å². The fourth-order valence-electron chi connectivity index (χ4n) is 0.893. The first-order valence-corrected chi connectivity index (χ1v) is 3.42. The predicted octanol–water partition coefficient (Wildman–Crippen LogP) is -2.09. The van der Waals surface area contributed by atoms with Crippen molar-refractivity contribution >= 4 is 0 Å². The Balaban J connectivity index is 3.59. The highest BCUT2D eigenvalue weighted by Gasteiger charge is 2.80. The van der Waals surface area contributed by atoms with E-state index >= 15 is 0 Å². The minimum atomic E-state index is -4.06. The van der Waals surface area contributed by atoms with Gasteiger partial charge in [-0.15, -0.1) is 4.85 Å². The molecular formula is C3H2N6O7. The number of nitro groups is 3. The monoisotopic (exact) mass is 234 g/mol. The maximum absolute atomic E-state index is 10.9. The van der Waals surface area contributed by atoms with E-state index < -0.39 is 30.3 Å². The minimum absolute atomic E-state index is 0.478. The van der Waals surface area contributed by atoms with Gasteiger partial charge < -0.3 is 5.21 Å². The second-order valence-corrected chi connectivity index (χ2v) is 2.38. The molecule has 16 heavy (non-hydrogen) atoms. The SMILES string of the molecule is O=[N+]([O-])C(n1ncc[n+]1[O-])([N+](=O)[O-])[N+](=O)[O-]. The van der Waals surface area contributed by atoms with Crippen molar-refractivity contribution in [1.29, 1.82) is 0 Å². The molecule has 0 unspecified atom stereocenters. The van der Waals surface area contributed by atoms with E-state index in [4.69, 9.17) is 0 Å². The van der Waals surface area contributed by atoms with Gasteiger partial charge in [-0.3, -0.25) is 30.3 Å². The predicted molar refractivity (Wildman–Crippen MR) is 40.1 cm³/mol. The van der Waals surface area contributed by atoms with E-state index in [9.17, 15) is 35.6 Å². The molecule has 0 aliphatic rings. The van der Waals surface area contributed by atoms with Crippen LogP contribution >= 0.6 is 0 Å². The molecule has 0 aliphatic heterocycles. The van der Waals surface area contributed by atoms with Crippen LogP contribution < -0.4 is 4.85 Å². The van der Waals surface area contributed by atoms with Crippen LogP contribution in [-0.4, -0.2) is 24.7 Å². The molecule has 0 radical (unpaired) electrons. The van der Waals surface area contributed by atoms with Gasteiger partial charge in [-0.1, -0.05) is 0 Å². The summed E-state index contributed by atoms with van der Waals surface area (Å²) in [4.78, 5) is 24.9. The highest BCUT2D eigenvalue weighted by molar-refractivity contribution is 4.54. The minimum Gasteiger partial charge on any atom is -0.692 e. The molecule has 13 heteroatoms. The van der Waals surface area contributed by atoms with Crippen molar-refractivity contribution in [3.63, 3.8) is 0 Å². The Hall–Kier alpha value is -2.86. The topological polar surface area (TPSA) is 174 Å². The summed E-state index contributed by atoms with van der Waals surface area (Å²) < 4.78 is 0. The summed E-state index contributed by atoms with van der Waals surface area (Å²) >= 11 is 0. The first kappa shape index (κ1) is 11.2. The molecule has 86 valence electrons. The highest BCUT2D eigenvalue weighted by atomic mass is 16.7. The van der Waals surface area contributed by atoms with Gasteiger partial charge in [0.15, 0.2) is 11.0 Å². The van der Waals surface area contributed by atoms with Crippen LogP contribution in [0.1, 0.15) is 0 Å². The van der Waals surface area contributed by atoms with Gasteiger partial charge in [-0.2, -0.15) is 0 Å². The van der Waals surface area contributed by atoms with Crippen LogP contribution in [0.2, 0.25) is 0 Å². The van der Waals surface area contributed by atoms with Crippen molar-refractivity contribution in [2.24, 2.45) is 0 Å². The summed E-state index contributed by atoms with van der Waals surface area (Å²) in [5, 5.41) is 45.2. The average Bonchev–Trinajstić information content (AvgIpc) is 2.51. The summed E-state index contributed by atoms with van der Waals surface area (Å²) in [6.45, 7) is 0. The zero-order valence-electron chi connectivity index (χ0n) is 7.20. The third-order valence-electron chi connectivity index (χ3n) is 1.56. The molecule has 0 atom stereocenters. The number of rotatable bonds is 4. The van der Waals surface area contributed by atoms with Crippen LogP contribution in [0.4, 0.5) is 0 Å². The molecule has 0 bridgehead atoms. The quantitative estimate of drug-likeness (QED) is 0.187. The third kappa shape index (κ3) is 1.18. The molecular weight excluding hydrogens is 232 g/mol. The Kier molecular flexibility index (Phi) is 2.36. The second-order valence-electron chi connectivity index (χ2n) is 2.38. The lowest BCUT2D eigenvalue weighted by molar-refractivity contribution is -1.04. The van der Waals surface area contributed by atoms with E-state index in [-0.39, 0.29) is 0 Å². The second kappa shape index (κ2) is 3.37. The van der Waals surface area contributed by atoms with Crippen molar-refractivity contribution in [2.75, 3.05) is 0 Å². The van der Waals surface area contributed by atoms with Crippen molar-refractivity contribution in [3.05, 3.63) is 47.9 Å². The first-order valence-electron chi connectivity index (χ1n) is 3.42. The van der Waals surface area contributed by atoms with Gasteiger partial charge in [-0.05, 0) is 0 Å². The molecule has 1 rings (SSSR count). The Morgan fingerprint density at radius 2 is 1.56 bits per heavy atom. The average molecular weight is 234 g/mol. The zero-order chi connectivity index (χ0) is 12.5. The molecule has 0 fully saturated rings. The van der Waals surface area contributed by atoms with Gasteiger partial charge in [0.25, 0.3) is 0 Å². The molecule has 0 aromatic carbocycles. The maximum atomic E-state index is 10.9. The Labute approximate surface area is 84.5 Å². The summed E-state index contributed by atoms with van der Waals surface area (Å²) in [5.41, 5.74) is 0. The Bertz CT molecular complexity index is 428. The lowest BCUT2D eigenvalue weighted by Crippen LogP contribution is -2.63. The maximum Gasteiger partial charge on any atom is 0.867 e. The number of hydrogen-bond donors (Lipinski definition) is 0. The highest BCUT2D eigenvalue weighted by Crippen LogP contribution is 2.15. The molecule has 1 aromatic rings. The Morgan fingerprint density at radius 1 is 1.12 bits per heavy atom.